The van der Waals surface area contributed by atoms with E-state index in [0.717, 1.165) is 13.0 Å². The van der Waals surface area contributed by atoms with Crippen molar-refractivity contribution in [2.75, 3.05) is 6.54 Å². The number of nitrogens with one attached hydrogen (secondary N) is 1. The summed E-state index contributed by atoms with van der Waals surface area (Å²) < 4.78 is 1.47. The summed E-state index contributed by atoms with van der Waals surface area (Å²) >= 11 is 0.523. The summed E-state index contributed by atoms with van der Waals surface area (Å²) in [5.41, 5.74) is 1.40. The predicted molar refractivity (Wildman–Crippen MR) is 88.8 cm³/mol. The maximum absolute atomic E-state index is 3.80. The van der Waals surface area contributed by atoms with E-state index in [1.165, 1.54) is 15.3 Å². The maximum atomic E-state index is 3.80. The van der Waals surface area contributed by atoms with Crippen LogP contribution in [0.15, 0.2) is 73.3 Å². The fourth-order valence-electron chi connectivity index (χ4n) is 2.05. The molecule has 2 aromatic rings. The first kappa shape index (κ1) is 15.1. The van der Waals surface area contributed by atoms with E-state index in [1.54, 1.807) is 0 Å². The van der Waals surface area contributed by atoms with Crippen LogP contribution in [0.3, 0.4) is 0 Å². The molecule has 0 radical (unpaired) electrons. The van der Waals surface area contributed by atoms with Gasteiger partial charge in [-0.05, 0) is 0 Å². The molecule has 0 bridgehead atoms. The minimum absolute atomic E-state index is 0.523. The second-order valence-corrected chi connectivity index (χ2v) is 7.00. The van der Waals surface area contributed by atoms with Crippen LogP contribution in [0, 0.1) is 0 Å². The van der Waals surface area contributed by atoms with Crippen LogP contribution in [-0.2, 0) is 6.42 Å². The molecule has 1 atom stereocenters. The SMILES string of the molecule is C=CCNC(C[Se]c1ccccc1)Cc1ccccc1. The van der Waals surface area contributed by atoms with Gasteiger partial charge in [-0.2, -0.15) is 0 Å². The van der Waals surface area contributed by atoms with Gasteiger partial charge in [-0.15, -0.1) is 0 Å². The molecule has 0 fully saturated rings. The molecular formula is C18H21NSe. The summed E-state index contributed by atoms with van der Waals surface area (Å²) in [6.07, 6.45) is 3.02. The third kappa shape index (κ3) is 5.34. The van der Waals surface area contributed by atoms with Gasteiger partial charge in [0.2, 0.25) is 0 Å². The van der Waals surface area contributed by atoms with Crippen LogP contribution in [0.1, 0.15) is 5.56 Å². The van der Waals surface area contributed by atoms with E-state index in [-0.39, 0.29) is 0 Å². The van der Waals surface area contributed by atoms with Crippen molar-refractivity contribution in [1.82, 2.24) is 5.32 Å². The van der Waals surface area contributed by atoms with Gasteiger partial charge in [0.15, 0.2) is 0 Å². The van der Waals surface area contributed by atoms with Gasteiger partial charge >= 0.3 is 128 Å². The van der Waals surface area contributed by atoms with Crippen LogP contribution in [-0.4, -0.2) is 27.5 Å². The topological polar surface area (TPSA) is 12.0 Å². The molecule has 0 aliphatic heterocycles. The zero-order chi connectivity index (χ0) is 14.0. The third-order valence-corrected chi connectivity index (χ3v) is 5.53. The van der Waals surface area contributed by atoms with Crippen molar-refractivity contribution >= 4 is 19.4 Å². The van der Waals surface area contributed by atoms with Crippen LogP contribution in [0.2, 0.25) is 5.32 Å². The summed E-state index contributed by atoms with van der Waals surface area (Å²) in [5, 5.41) is 4.79. The van der Waals surface area contributed by atoms with Gasteiger partial charge in [-0.1, -0.05) is 0 Å². The van der Waals surface area contributed by atoms with Crippen molar-refractivity contribution in [1.29, 1.82) is 0 Å². The zero-order valence-electron chi connectivity index (χ0n) is 11.7. The number of rotatable bonds is 8. The van der Waals surface area contributed by atoms with Gasteiger partial charge in [-0.3, -0.25) is 0 Å². The number of hydrogen-bond donors (Lipinski definition) is 1. The van der Waals surface area contributed by atoms with Crippen molar-refractivity contribution in [3.63, 3.8) is 0 Å². The first-order valence-electron chi connectivity index (χ1n) is 6.94. The van der Waals surface area contributed by atoms with Gasteiger partial charge in [0.25, 0.3) is 0 Å². The van der Waals surface area contributed by atoms with E-state index in [0.29, 0.717) is 21.0 Å². The fraction of sp³-hybridized carbons (Fsp3) is 0.222. The van der Waals surface area contributed by atoms with Gasteiger partial charge in [0, 0.05) is 0 Å². The van der Waals surface area contributed by atoms with E-state index in [9.17, 15) is 0 Å². The average molecular weight is 330 g/mol. The molecule has 0 aliphatic rings. The van der Waals surface area contributed by atoms with Crippen molar-refractivity contribution < 1.29 is 0 Å². The summed E-state index contributed by atoms with van der Waals surface area (Å²) in [4.78, 5) is 0. The Balaban J connectivity index is 1.91. The molecule has 1 nitrogen and oxygen atoms in total. The second kappa shape index (κ2) is 8.76. The number of hydrogen-bond acceptors (Lipinski definition) is 1. The predicted octanol–water partition coefficient (Wildman–Crippen LogP) is 2.82. The molecule has 1 N–H and O–H groups in total. The molecule has 1 unspecified atom stereocenters. The number of benzene rings is 2. The van der Waals surface area contributed by atoms with E-state index in [2.05, 4.69) is 72.6 Å². The van der Waals surface area contributed by atoms with Crippen molar-refractivity contribution in [2.24, 2.45) is 0 Å². The first-order chi connectivity index (χ1) is 9.88. The normalized spacial score (nSPS) is 12.0. The Labute approximate surface area is 128 Å². The molecule has 0 saturated carbocycles. The van der Waals surface area contributed by atoms with E-state index >= 15 is 0 Å². The fourth-order valence-corrected chi connectivity index (χ4v) is 4.11. The van der Waals surface area contributed by atoms with E-state index < -0.39 is 0 Å². The third-order valence-electron chi connectivity index (χ3n) is 3.07. The summed E-state index contributed by atoms with van der Waals surface area (Å²) in [7, 11) is 0. The molecule has 0 aliphatic carbocycles. The first-order valence-corrected chi connectivity index (χ1v) is 9.01. The van der Waals surface area contributed by atoms with Crippen LogP contribution in [0.25, 0.3) is 0 Å². The summed E-state index contributed by atoms with van der Waals surface area (Å²) in [6, 6.07) is 22.0. The molecule has 0 saturated heterocycles. The zero-order valence-corrected chi connectivity index (χ0v) is 13.4. The Morgan fingerprint density at radius 3 is 2.30 bits per heavy atom. The van der Waals surface area contributed by atoms with Crippen molar-refractivity contribution in [2.45, 2.75) is 17.8 Å². The van der Waals surface area contributed by atoms with Crippen molar-refractivity contribution in [3.8, 4) is 0 Å². The second-order valence-electron chi connectivity index (χ2n) is 4.71. The van der Waals surface area contributed by atoms with Gasteiger partial charge < -0.3 is 0 Å². The van der Waals surface area contributed by atoms with Gasteiger partial charge in [0.05, 0.1) is 0 Å². The Morgan fingerprint density at radius 1 is 1.00 bits per heavy atom. The molecule has 0 aromatic heterocycles. The molecular weight excluding hydrogens is 309 g/mol. The average Bonchev–Trinajstić information content (AvgIpc) is 2.52. The molecule has 0 amide bonds. The standard InChI is InChI=1S/C18H21NSe/c1-2-13-19-17(14-16-9-5-3-6-10-16)15-20-18-11-7-4-8-12-18/h2-12,17,19H,1,13-15H2. The molecule has 0 heterocycles. The van der Waals surface area contributed by atoms with Gasteiger partial charge in [-0.25, -0.2) is 0 Å². The Hall–Kier alpha value is -1.34. The molecule has 2 heteroatoms. The minimum atomic E-state index is 0.523. The summed E-state index contributed by atoms with van der Waals surface area (Å²) in [5.74, 6) is 0. The molecule has 20 heavy (non-hydrogen) atoms. The Bertz CT molecular complexity index is 495. The quantitative estimate of drug-likeness (QED) is 0.580. The van der Waals surface area contributed by atoms with Crippen LogP contribution >= 0.6 is 0 Å². The Kier molecular flexibility index (Phi) is 6.59. The monoisotopic (exact) mass is 331 g/mol. The molecule has 2 rings (SSSR count). The van der Waals surface area contributed by atoms with E-state index in [4.69, 9.17) is 0 Å². The summed E-state index contributed by atoms with van der Waals surface area (Å²) in [6.45, 7) is 4.68. The van der Waals surface area contributed by atoms with Gasteiger partial charge in [0.1, 0.15) is 0 Å². The van der Waals surface area contributed by atoms with Crippen molar-refractivity contribution in [3.05, 3.63) is 78.9 Å². The molecule has 104 valence electrons. The molecule has 0 spiro atoms. The van der Waals surface area contributed by atoms with Crippen LogP contribution < -0.4 is 9.78 Å². The van der Waals surface area contributed by atoms with Crippen LogP contribution in [0.4, 0.5) is 0 Å². The Morgan fingerprint density at radius 2 is 1.65 bits per heavy atom. The molecule has 2 aromatic carbocycles. The van der Waals surface area contributed by atoms with Crippen LogP contribution in [0.5, 0.6) is 0 Å². The van der Waals surface area contributed by atoms with E-state index in [1.807, 2.05) is 6.08 Å².